The maximum absolute atomic E-state index is 13.1. The second-order valence-corrected chi connectivity index (χ2v) is 6.69. The molecule has 1 heterocycles. The summed E-state index contributed by atoms with van der Waals surface area (Å²) in [4.78, 5) is 7.18. The quantitative estimate of drug-likeness (QED) is 0.902. The standard InChI is InChI=1S/C19H24FN3/c1-3-23-9-8-15-10-18(14(12-21)11-19(15,2)13-23)22-17-6-4-16(20)5-7-17/h4-7,10,12H,3,8-9,11,13,21H2,1-2H3. The zero-order valence-electron chi connectivity index (χ0n) is 13.8. The van der Waals surface area contributed by atoms with Crippen LogP contribution in [0, 0.1) is 11.2 Å². The summed E-state index contributed by atoms with van der Waals surface area (Å²) in [5.41, 5.74) is 10.2. The van der Waals surface area contributed by atoms with Crippen molar-refractivity contribution in [2.75, 3.05) is 19.6 Å². The van der Waals surface area contributed by atoms with Crippen LogP contribution in [0.25, 0.3) is 0 Å². The molecule has 1 aliphatic heterocycles. The first kappa shape index (κ1) is 15.9. The summed E-state index contributed by atoms with van der Waals surface area (Å²) in [6.45, 7) is 7.78. The van der Waals surface area contributed by atoms with Gasteiger partial charge in [0.2, 0.25) is 0 Å². The third-order valence-corrected chi connectivity index (χ3v) is 4.99. The van der Waals surface area contributed by atoms with Gasteiger partial charge in [-0.25, -0.2) is 9.38 Å². The summed E-state index contributed by atoms with van der Waals surface area (Å²) in [7, 11) is 0. The summed E-state index contributed by atoms with van der Waals surface area (Å²) in [6, 6.07) is 6.26. The lowest BCUT2D eigenvalue weighted by molar-refractivity contribution is 0.159. The molecule has 1 aromatic carbocycles. The summed E-state index contributed by atoms with van der Waals surface area (Å²) in [6.07, 6.45) is 5.85. The first-order chi connectivity index (χ1) is 11.0. The van der Waals surface area contributed by atoms with Gasteiger partial charge in [0.25, 0.3) is 0 Å². The molecule has 0 bridgehead atoms. The minimum absolute atomic E-state index is 0.140. The molecular formula is C19H24FN3. The van der Waals surface area contributed by atoms with Crippen LogP contribution >= 0.6 is 0 Å². The van der Waals surface area contributed by atoms with E-state index < -0.39 is 0 Å². The molecule has 1 unspecified atom stereocenters. The van der Waals surface area contributed by atoms with E-state index in [1.807, 2.05) is 0 Å². The first-order valence-electron chi connectivity index (χ1n) is 8.23. The van der Waals surface area contributed by atoms with Gasteiger partial charge in [-0.15, -0.1) is 0 Å². The molecule has 0 amide bonds. The largest absolute Gasteiger partial charge is 0.404 e. The van der Waals surface area contributed by atoms with Crippen molar-refractivity contribution in [3.8, 4) is 0 Å². The molecular weight excluding hydrogens is 289 g/mol. The molecule has 3 rings (SSSR count). The number of aliphatic imine (C=N–C) groups is 1. The number of allylic oxidation sites excluding steroid dienone is 2. The molecule has 2 aliphatic rings. The number of nitrogens with two attached hydrogens (primary N) is 1. The molecule has 1 aromatic rings. The molecule has 1 saturated heterocycles. The van der Waals surface area contributed by atoms with E-state index in [0.29, 0.717) is 0 Å². The fraction of sp³-hybridized carbons (Fsp3) is 0.421. The van der Waals surface area contributed by atoms with Crippen molar-refractivity contribution in [3.05, 3.63) is 53.5 Å². The van der Waals surface area contributed by atoms with Gasteiger partial charge in [0.05, 0.1) is 11.4 Å². The lowest BCUT2D eigenvalue weighted by atomic mass is 9.68. The number of likely N-dealkylation sites (tertiary alicyclic amines) is 1. The van der Waals surface area contributed by atoms with Crippen LogP contribution in [0.4, 0.5) is 10.1 Å². The molecule has 122 valence electrons. The van der Waals surface area contributed by atoms with Crippen LogP contribution < -0.4 is 5.73 Å². The third kappa shape index (κ3) is 3.22. The number of benzene rings is 1. The predicted molar refractivity (Wildman–Crippen MR) is 93.3 cm³/mol. The van der Waals surface area contributed by atoms with E-state index in [-0.39, 0.29) is 11.2 Å². The molecule has 2 N–H and O–H groups in total. The Bertz CT molecular complexity index is 672. The van der Waals surface area contributed by atoms with E-state index in [1.165, 1.54) is 17.7 Å². The summed E-state index contributed by atoms with van der Waals surface area (Å²) in [5.74, 6) is -0.245. The minimum Gasteiger partial charge on any atom is -0.404 e. The summed E-state index contributed by atoms with van der Waals surface area (Å²) >= 11 is 0. The highest BCUT2D eigenvalue weighted by atomic mass is 19.1. The minimum atomic E-state index is -0.245. The van der Waals surface area contributed by atoms with Crippen LogP contribution in [-0.2, 0) is 0 Å². The molecule has 3 nitrogen and oxygen atoms in total. The molecule has 1 atom stereocenters. The Morgan fingerprint density at radius 1 is 1.35 bits per heavy atom. The Balaban J connectivity index is 1.96. The van der Waals surface area contributed by atoms with E-state index in [9.17, 15) is 4.39 Å². The van der Waals surface area contributed by atoms with Crippen molar-refractivity contribution in [3.63, 3.8) is 0 Å². The van der Waals surface area contributed by atoms with Crippen LogP contribution in [0.1, 0.15) is 26.7 Å². The first-order valence-corrected chi connectivity index (χ1v) is 8.23. The van der Waals surface area contributed by atoms with E-state index >= 15 is 0 Å². The highest BCUT2D eigenvalue weighted by Crippen LogP contribution is 2.43. The van der Waals surface area contributed by atoms with Crippen LogP contribution in [0.2, 0.25) is 0 Å². The average molecular weight is 313 g/mol. The third-order valence-electron chi connectivity index (χ3n) is 4.99. The zero-order chi connectivity index (χ0) is 16.4. The molecule has 0 aromatic heterocycles. The highest BCUT2D eigenvalue weighted by Gasteiger charge is 2.38. The highest BCUT2D eigenvalue weighted by molar-refractivity contribution is 6.11. The lowest BCUT2D eigenvalue weighted by Gasteiger charge is -2.45. The van der Waals surface area contributed by atoms with Crippen molar-refractivity contribution in [2.45, 2.75) is 26.7 Å². The smallest absolute Gasteiger partial charge is 0.123 e. The van der Waals surface area contributed by atoms with Gasteiger partial charge < -0.3 is 10.6 Å². The van der Waals surface area contributed by atoms with Gasteiger partial charge in [0.15, 0.2) is 0 Å². The van der Waals surface area contributed by atoms with Gasteiger partial charge in [-0.05, 0) is 61.5 Å². The molecule has 23 heavy (non-hydrogen) atoms. The Kier molecular flexibility index (Phi) is 4.35. The van der Waals surface area contributed by atoms with Gasteiger partial charge in [0, 0.05) is 18.5 Å². The van der Waals surface area contributed by atoms with Crippen LogP contribution in [-0.4, -0.2) is 30.2 Å². The SMILES string of the molecule is CCN1CCC2=CC(=Nc3ccc(F)cc3)C(=CN)CC2(C)C1. The zero-order valence-corrected chi connectivity index (χ0v) is 13.8. The molecule has 1 fully saturated rings. The van der Waals surface area contributed by atoms with Crippen LogP contribution in [0.5, 0.6) is 0 Å². The topological polar surface area (TPSA) is 41.6 Å². The molecule has 0 saturated carbocycles. The van der Waals surface area contributed by atoms with Crippen molar-refractivity contribution in [2.24, 2.45) is 16.1 Å². The second-order valence-electron chi connectivity index (χ2n) is 6.69. The Morgan fingerprint density at radius 3 is 2.74 bits per heavy atom. The Labute approximate surface area is 137 Å². The number of hydrogen-bond donors (Lipinski definition) is 1. The number of nitrogens with zero attached hydrogens (tertiary/aromatic N) is 2. The van der Waals surface area contributed by atoms with Crippen molar-refractivity contribution < 1.29 is 4.39 Å². The number of fused-ring (bicyclic) bond motifs is 1. The normalized spacial score (nSPS) is 28.7. The summed E-state index contributed by atoms with van der Waals surface area (Å²) in [5, 5.41) is 0. The van der Waals surface area contributed by atoms with E-state index in [2.05, 4.69) is 29.8 Å². The van der Waals surface area contributed by atoms with Gasteiger partial charge in [-0.1, -0.05) is 19.4 Å². The fourth-order valence-corrected chi connectivity index (χ4v) is 3.61. The maximum atomic E-state index is 13.1. The number of halogens is 1. The van der Waals surface area contributed by atoms with E-state index in [1.54, 1.807) is 18.3 Å². The maximum Gasteiger partial charge on any atom is 0.123 e. The second kappa shape index (κ2) is 6.28. The molecule has 4 heteroatoms. The Morgan fingerprint density at radius 2 is 2.09 bits per heavy atom. The van der Waals surface area contributed by atoms with Crippen molar-refractivity contribution in [1.29, 1.82) is 0 Å². The van der Waals surface area contributed by atoms with Crippen molar-refractivity contribution >= 4 is 11.4 Å². The predicted octanol–water partition coefficient (Wildman–Crippen LogP) is 3.80. The van der Waals surface area contributed by atoms with E-state index in [4.69, 9.17) is 5.73 Å². The number of rotatable bonds is 2. The van der Waals surface area contributed by atoms with Crippen LogP contribution in [0.3, 0.4) is 0 Å². The van der Waals surface area contributed by atoms with Crippen molar-refractivity contribution in [1.82, 2.24) is 4.90 Å². The summed E-state index contributed by atoms with van der Waals surface area (Å²) < 4.78 is 13.1. The van der Waals surface area contributed by atoms with Gasteiger partial charge >= 0.3 is 0 Å². The Hall–Kier alpha value is -1.94. The lowest BCUT2D eigenvalue weighted by Crippen LogP contribution is -2.45. The fourth-order valence-electron chi connectivity index (χ4n) is 3.61. The monoisotopic (exact) mass is 313 g/mol. The van der Waals surface area contributed by atoms with E-state index in [0.717, 1.165) is 49.4 Å². The molecule has 1 aliphatic carbocycles. The molecule has 0 spiro atoms. The average Bonchev–Trinajstić information content (AvgIpc) is 2.56. The molecule has 0 radical (unpaired) electrons. The van der Waals surface area contributed by atoms with Crippen LogP contribution in [0.15, 0.2) is 52.7 Å². The van der Waals surface area contributed by atoms with Gasteiger partial charge in [-0.3, -0.25) is 0 Å². The number of hydrogen-bond acceptors (Lipinski definition) is 3. The number of piperidine rings is 1. The van der Waals surface area contributed by atoms with Gasteiger partial charge in [-0.2, -0.15) is 0 Å². The van der Waals surface area contributed by atoms with Gasteiger partial charge in [0.1, 0.15) is 5.82 Å².